The van der Waals surface area contributed by atoms with E-state index in [0.29, 0.717) is 29.9 Å². The second kappa shape index (κ2) is 6.98. The van der Waals surface area contributed by atoms with Gasteiger partial charge in [-0.15, -0.1) is 0 Å². The summed E-state index contributed by atoms with van der Waals surface area (Å²) < 4.78 is 28.9. The van der Waals surface area contributed by atoms with Gasteiger partial charge >= 0.3 is 0 Å². The molecule has 0 bridgehead atoms. The maximum Gasteiger partial charge on any atom is 0.238 e. The lowest BCUT2D eigenvalue weighted by Gasteiger charge is -2.26. The molecule has 0 amide bonds. The SMILES string of the molecule is C[C@]1(O)CCC[C@H]1Oc1nc(Nc2ccc(S(N)(=O)=O)cc2)ncc1C1CC1. The first kappa shape index (κ1) is 19.1. The number of nitrogens with two attached hydrogens (primary N) is 1. The number of primary sulfonamides is 1. The molecule has 0 aliphatic heterocycles. The monoisotopic (exact) mass is 404 g/mol. The molecular weight excluding hydrogens is 380 g/mol. The minimum atomic E-state index is -3.73. The van der Waals surface area contributed by atoms with Crippen LogP contribution in [0.5, 0.6) is 5.88 Å². The Kier molecular flexibility index (Phi) is 4.76. The maximum atomic E-state index is 11.4. The summed E-state index contributed by atoms with van der Waals surface area (Å²) >= 11 is 0. The molecule has 2 aliphatic rings. The molecule has 8 nitrogen and oxygen atoms in total. The van der Waals surface area contributed by atoms with Gasteiger partial charge in [0.1, 0.15) is 6.10 Å². The second-order valence-corrected chi connectivity index (χ2v) is 9.34. The van der Waals surface area contributed by atoms with Gasteiger partial charge in [-0.3, -0.25) is 0 Å². The van der Waals surface area contributed by atoms with Crippen LogP contribution in [0.25, 0.3) is 0 Å². The van der Waals surface area contributed by atoms with E-state index in [4.69, 9.17) is 9.88 Å². The largest absolute Gasteiger partial charge is 0.471 e. The lowest BCUT2D eigenvalue weighted by atomic mass is 10.0. The summed E-state index contributed by atoms with van der Waals surface area (Å²) in [6.07, 6.45) is 6.07. The van der Waals surface area contributed by atoms with Gasteiger partial charge < -0.3 is 15.2 Å². The van der Waals surface area contributed by atoms with Gasteiger partial charge in [-0.1, -0.05) is 0 Å². The van der Waals surface area contributed by atoms with Gasteiger partial charge in [0.15, 0.2) is 0 Å². The van der Waals surface area contributed by atoms with Gasteiger partial charge in [0.05, 0.1) is 10.5 Å². The first-order chi connectivity index (χ1) is 13.2. The highest BCUT2D eigenvalue weighted by molar-refractivity contribution is 7.89. The number of ether oxygens (including phenoxy) is 1. The Morgan fingerprint density at radius 3 is 2.54 bits per heavy atom. The van der Waals surface area contributed by atoms with Gasteiger partial charge in [0.25, 0.3) is 0 Å². The van der Waals surface area contributed by atoms with Gasteiger partial charge in [-0.05, 0) is 69.2 Å². The summed E-state index contributed by atoms with van der Waals surface area (Å²) in [4.78, 5) is 8.94. The van der Waals surface area contributed by atoms with E-state index in [0.717, 1.165) is 31.2 Å². The lowest BCUT2D eigenvalue weighted by Crippen LogP contribution is -2.38. The molecule has 150 valence electrons. The number of rotatable bonds is 6. The van der Waals surface area contributed by atoms with Crippen molar-refractivity contribution in [2.45, 2.75) is 61.5 Å². The van der Waals surface area contributed by atoms with Crippen LogP contribution in [-0.2, 0) is 10.0 Å². The minimum absolute atomic E-state index is 0.0375. The zero-order chi connectivity index (χ0) is 19.9. The highest BCUT2D eigenvalue weighted by atomic mass is 32.2. The summed E-state index contributed by atoms with van der Waals surface area (Å²) in [6, 6.07) is 6.03. The molecule has 2 saturated carbocycles. The van der Waals surface area contributed by atoms with Crippen molar-refractivity contribution >= 4 is 21.7 Å². The van der Waals surface area contributed by atoms with E-state index in [1.807, 2.05) is 0 Å². The van der Waals surface area contributed by atoms with Crippen molar-refractivity contribution in [3.05, 3.63) is 36.0 Å². The van der Waals surface area contributed by atoms with E-state index in [2.05, 4.69) is 15.3 Å². The fourth-order valence-electron chi connectivity index (χ4n) is 3.50. The number of aromatic nitrogens is 2. The third-order valence-electron chi connectivity index (χ3n) is 5.33. The smallest absolute Gasteiger partial charge is 0.238 e. The van der Waals surface area contributed by atoms with Crippen molar-refractivity contribution in [3.63, 3.8) is 0 Å². The Morgan fingerprint density at radius 1 is 1.25 bits per heavy atom. The molecule has 2 atom stereocenters. The number of nitrogens with one attached hydrogen (secondary N) is 1. The van der Waals surface area contributed by atoms with Crippen molar-refractivity contribution < 1.29 is 18.3 Å². The Balaban J connectivity index is 1.56. The van der Waals surface area contributed by atoms with Crippen molar-refractivity contribution in [1.29, 1.82) is 0 Å². The number of aliphatic hydroxyl groups is 1. The fourth-order valence-corrected chi connectivity index (χ4v) is 4.01. The average molecular weight is 404 g/mol. The molecule has 1 aromatic heterocycles. The lowest BCUT2D eigenvalue weighted by molar-refractivity contribution is -0.0273. The van der Waals surface area contributed by atoms with E-state index in [9.17, 15) is 13.5 Å². The number of anilines is 2. The number of nitrogens with zero attached hydrogens (tertiary/aromatic N) is 2. The van der Waals surface area contributed by atoms with Gasteiger partial charge in [0, 0.05) is 17.4 Å². The Labute approximate surface area is 164 Å². The third-order valence-corrected chi connectivity index (χ3v) is 6.26. The highest BCUT2D eigenvalue weighted by Gasteiger charge is 2.40. The number of hydrogen-bond acceptors (Lipinski definition) is 7. The van der Waals surface area contributed by atoms with Crippen LogP contribution in [0.1, 0.15) is 50.5 Å². The van der Waals surface area contributed by atoms with Crippen molar-refractivity contribution in [3.8, 4) is 5.88 Å². The Hall–Kier alpha value is -2.23. The van der Waals surface area contributed by atoms with Crippen molar-refractivity contribution in [2.75, 3.05) is 5.32 Å². The molecular formula is C19H24N4O4S. The molecule has 28 heavy (non-hydrogen) atoms. The number of hydrogen-bond donors (Lipinski definition) is 3. The highest BCUT2D eigenvalue weighted by Crippen LogP contribution is 2.45. The summed E-state index contributed by atoms with van der Waals surface area (Å²) in [5.74, 6) is 1.26. The van der Waals surface area contributed by atoms with Gasteiger partial charge in [0.2, 0.25) is 21.9 Å². The van der Waals surface area contributed by atoms with E-state index in [1.165, 1.54) is 12.1 Å². The van der Waals surface area contributed by atoms with Gasteiger partial charge in [-0.25, -0.2) is 18.5 Å². The van der Waals surface area contributed by atoms with Crippen LogP contribution in [-0.4, -0.2) is 35.2 Å². The molecule has 4 rings (SSSR count). The molecule has 0 spiro atoms. The molecule has 1 heterocycles. The molecule has 1 aromatic carbocycles. The van der Waals surface area contributed by atoms with Crippen LogP contribution in [0, 0.1) is 0 Å². The zero-order valence-electron chi connectivity index (χ0n) is 15.6. The zero-order valence-corrected chi connectivity index (χ0v) is 16.4. The number of sulfonamides is 1. The van der Waals surface area contributed by atoms with Crippen LogP contribution in [0.3, 0.4) is 0 Å². The predicted octanol–water partition coefficient (Wildman–Crippen LogP) is 2.43. The van der Waals surface area contributed by atoms with Crippen LogP contribution >= 0.6 is 0 Å². The molecule has 2 fully saturated rings. The Bertz CT molecular complexity index is 972. The summed E-state index contributed by atoms with van der Waals surface area (Å²) in [7, 11) is -3.73. The topological polar surface area (TPSA) is 127 Å². The second-order valence-electron chi connectivity index (χ2n) is 7.78. The molecule has 2 aromatic rings. The van der Waals surface area contributed by atoms with Crippen LogP contribution < -0.4 is 15.2 Å². The van der Waals surface area contributed by atoms with Crippen molar-refractivity contribution in [1.82, 2.24) is 9.97 Å². The molecule has 2 aliphatic carbocycles. The summed E-state index contributed by atoms with van der Waals surface area (Å²) in [6.45, 7) is 1.80. The first-order valence-corrected chi connectivity index (χ1v) is 10.9. The van der Waals surface area contributed by atoms with Crippen LogP contribution in [0.2, 0.25) is 0 Å². The minimum Gasteiger partial charge on any atom is -0.471 e. The molecule has 9 heteroatoms. The maximum absolute atomic E-state index is 11.4. The third kappa shape index (κ3) is 4.11. The fraction of sp³-hybridized carbons (Fsp3) is 0.474. The van der Waals surface area contributed by atoms with Crippen molar-refractivity contribution in [2.24, 2.45) is 5.14 Å². The summed E-state index contributed by atoms with van der Waals surface area (Å²) in [5, 5.41) is 18.7. The molecule has 0 unspecified atom stereocenters. The Morgan fingerprint density at radius 2 is 1.96 bits per heavy atom. The molecule has 0 radical (unpaired) electrons. The van der Waals surface area contributed by atoms with E-state index in [1.54, 1.807) is 25.3 Å². The molecule has 0 saturated heterocycles. The average Bonchev–Trinajstić information content (AvgIpc) is 3.40. The first-order valence-electron chi connectivity index (χ1n) is 9.38. The standard InChI is InChI=1S/C19H24N4O4S/c1-19(24)10-2-3-16(19)27-17-15(12-4-5-12)11-21-18(23-17)22-13-6-8-14(9-7-13)28(20,25)26/h6-9,11-12,16,24H,2-5,10H2,1H3,(H2,20,25,26)(H,21,22,23)/t16-,19+/m1/s1. The normalized spacial score (nSPS) is 24.9. The van der Waals surface area contributed by atoms with Crippen LogP contribution in [0.15, 0.2) is 35.4 Å². The summed E-state index contributed by atoms with van der Waals surface area (Å²) in [5.41, 5.74) is 0.742. The van der Waals surface area contributed by atoms with Gasteiger partial charge in [-0.2, -0.15) is 4.98 Å². The van der Waals surface area contributed by atoms with E-state index < -0.39 is 15.6 Å². The predicted molar refractivity (Wildman–Crippen MR) is 104 cm³/mol. The quantitative estimate of drug-likeness (QED) is 0.674. The van der Waals surface area contributed by atoms with E-state index >= 15 is 0 Å². The number of benzene rings is 1. The molecule has 4 N–H and O–H groups in total. The van der Waals surface area contributed by atoms with E-state index in [-0.39, 0.29) is 11.0 Å². The van der Waals surface area contributed by atoms with Crippen LogP contribution in [0.4, 0.5) is 11.6 Å².